The number of aryl methyl sites for hydroxylation is 1. The Labute approximate surface area is 195 Å². The molecule has 172 valence electrons. The molecule has 2 aliphatic rings. The van der Waals surface area contributed by atoms with Crippen LogP contribution in [0.5, 0.6) is 0 Å². The number of carbonyl (C=O) groups is 2. The van der Waals surface area contributed by atoms with Crippen LogP contribution < -0.4 is 10.2 Å². The number of nitrogens with zero attached hydrogens (tertiary/aromatic N) is 4. The van der Waals surface area contributed by atoms with Gasteiger partial charge in [-0.05, 0) is 37.3 Å². The number of thioether (sulfide) groups is 1. The summed E-state index contributed by atoms with van der Waals surface area (Å²) in [4.78, 5) is 27.1. The number of nitrogens with one attached hydrogen (secondary N) is 1. The minimum absolute atomic E-state index is 0.0283. The van der Waals surface area contributed by atoms with Crippen LogP contribution in [0.25, 0.3) is 0 Å². The average molecular weight is 496 g/mol. The van der Waals surface area contributed by atoms with Crippen molar-refractivity contribution in [3.05, 3.63) is 29.8 Å². The molecule has 12 heteroatoms. The number of amides is 2. The molecule has 1 fully saturated rings. The summed E-state index contributed by atoms with van der Waals surface area (Å²) >= 11 is 2.55. The van der Waals surface area contributed by atoms with Crippen LogP contribution in [0.3, 0.4) is 0 Å². The summed E-state index contributed by atoms with van der Waals surface area (Å²) in [5.74, 6) is -0.151. The number of benzene rings is 1. The van der Waals surface area contributed by atoms with E-state index in [2.05, 4.69) is 21.6 Å². The van der Waals surface area contributed by atoms with Gasteiger partial charge in [-0.2, -0.15) is 0 Å². The lowest BCUT2D eigenvalue weighted by atomic mass is 9.97. The molecule has 2 aromatic rings. The van der Waals surface area contributed by atoms with E-state index in [1.54, 1.807) is 0 Å². The molecule has 32 heavy (non-hydrogen) atoms. The van der Waals surface area contributed by atoms with E-state index < -0.39 is 10.0 Å². The number of rotatable bonds is 6. The molecule has 1 aromatic carbocycles. The van der Waals surface area contributed by atoms with Crippen molar-refractivity contribution < 1.29 is 18.0 Å². The molecule has 0 unspecified atom stereocenters. The Kier molecular flexibility index (Phi) is 7.13. The molecule has 0 radical (unpaired) electrons. The number of anilines is 2. The average Bonchev–Trinajstić information content (AvgIpc) is 3.23. The zero-order chi connectivity index (χ0) is 22.7. The van der Waals surface area contributed by atoms with E-state index in [-0.39, 0.29) is 23.5 Å². The van der Waals surface area contributed by atoms with E-state index in [0.717, 1.165) is 18.5 Å². The van der Waals surface area contributed by atoms with Crippen LogP contribution in [-0.2, 0) is 26.0 Å². The van der Waals surface area contributed by atoms with Gasteiger partial charge in [0.25, 0.3) is 0 Å². The third-order valence-corrected chi connectivity index (χ3v) is 8.92. The third kappa shape index (κ3) is 5.48. The largest absolute Gasteiger partial charge is 0.311 e. The smallest absolute Gasteiger partial charge is 0.237 e. The fourth-order valence-corrected chi connectivity index (χ4v) is 6.47. The van der Waals surface area contributed by atoms with Gasteiger partial charge in [-0.1, -0.05) is 41.3 Å². The van der Waals surface area contributed by atoms with Crippen LogP contribution >= 0.6 is 23.1 Å². The van der Waals surface area contributed by atoms with Crippen LogP contribution in [0.2, 0.25) is 0 Å². The summed E-state index contributed by atoms with van der Waals surface area (Å²) in [6.07, 6.45) is 4.07. The third-order valence-electron chi connectivity index (χ3n) is 5.66. The SMILES string of the molecule is CS(=O)(=O)N1CCC(C(=O)Nc2nnc(SCC(=O)N3CCCc4ccccc43)s2)CC1. The highest BCUT2D eigenvalue weighted by atomic mass is 32.2. The lowest BCUT2D eigenvalue weighted by Crippen LogP contribution is -2.40. The second kappa shape index (κ2) is 9.86. The number of piperidine rings is 1. The van der Waals surface area contributed by atoms with Crippen molar-refractivity contribution >= 4 is 55.8 Å². The Morgan fingerprint density at radius 1 is 1.19 bits per heavy atom. The molecule has 2 aliphatic heterocycles. The minimum atomic E-state index is -3.22. The van der Waals surface area contributed by atoms with Gasteiger partial charge in [0.2, 0.25) is 27.0 Å². The molecule has 9 nitrogen and oxygen atoms in total. The number of sulfonamides is 1. The predicted octanol–water partition coefficient (Wildman–Crippen LogP) is 2.22. The van der Waals surface area contributed by atoms with Gasteiger partial charge in [-0.3, -0.25) is 9.59 Å². The van der Waals surface area contributed by atoms with Crippen molar-refractivity contribution in [1.82, 2.24) is 14.5 Å². The second-order valence-electron chi connectivity index (χ2n) is 7.87. The lowest BCUT2D eigenvalue weighted by molar-refractivity contribution is -0.121. The Bertz CT molecular complexity index is 1100. The van der Waals surface area contributed by atoms with Crippen LogP contribution in [0, 0.1) is 5.92 Å². The van der Waals surface area contributed by atoms with E-state index in [9.17, 15) is 18.0 Å². The summed E-state index contributed by atoms with van der Waals surface area (Å²) in [6.45, 7) is 1.40. The zero-order valence-corrected chi connectivity index (χ0v) is 20.1. The summed E-state index contributed by atoms with van der Waals surface area (Å²) in [5.41, 5.74) is 2.18. The molecule has 2 amide bonds. The normalized spacial score (nSPS) is 17.7. The van der Waals surface area contributed by atoms with E-state index >= 15 is 0 Å². The molecule has 0 aliphatic carbocycles. The molecular weight excluding hydrogens is 470 g/mol. The number of hydrogen-bond donors (Lipinski definition) is 1. The van der Waals surface area contributed by atoms with Crippen molar-refractivity contribution in [1.29, 1.82) is 0 Å². The van der Waals surface area contributed by atoms with Gasteiger partial charge in [0.1, 0.15) is 0 Å². The number of fused-ring (bicyclic) bond motifs is 1. The summed E-state index contributed by atoms with van der Waals surface area (Å²) in [7, 11) is -3.22. The van der Waals surface area contributed by atoms with E-state index in [4.69, 9.17) is 0 Å². The molecule has 3 heterocycles. The topological polar surface area (TPSA) is 113 Å². The van der Waals surface area contributed by atoms with Crippen LogP contribution in [0.4, 0.5) is 10.8 Å². The van der Waals surface area contributed by atoms with Gasteiger partial charge in [-0.25, -0.2) is 12.7 Å². The zero-order valence-electron chi connectivity index (χ0n) is 17.7. The first kappa shape index (κ1) is 23.1. The highest BCUT2D eigenvalue weighted by Gasteiger charge is 2.29. The van der Waals surface area contributed by atoms with Gasteiger partial charge in [0, 0.05) is 31.2 Å². The maximum Gasteiger partial charge on any atom is 0.237 e. The quantitative estimate of drug-likeness (QED) is 0.483. The molecule has 0 atom stereocenters. The van der Waals surface area contributed by atoms with Gasteiger partial charge >= 0.3 is 0 Å². The van der Waals surface area contributed by atoms with Crippen LogP contribution in [-0.4, -0.2) is 66.4 Å². The Morgan fingerprint density at radius 2 is 1.94 bits per heavy atom. The fraction of sp³-hybridized carbons (Fsp3) is 0.500. The Morgan fingerprint density at radius 3 is 2.69 bits per heavy atom. The van der Waals surface area contributed by atoms with Crippen LogP contribution in [0.1, 0.15) is 24.8 Å². The number of para-hydroxylation sites is 1. The van der Waals surface area contributed by atoms with E-state index in [1.165, 1.54) is 39.2 Å². The first-order chi connectivity index (χ1) is 15.3. The Hall–Kier alpha value is -2.02. The minimum Gasteiger partial charge on any atom is -0.311 e. The molecule has 1 N–H and O–H groups in total. The molecule has 0 bridgehead atoms. The second-order valence-corrected chi connectivity index (χ2v) is 12.0. The summed E-state index contributed by atoms with van der Waals surface area (Å²) in [5, 5.41) is 11.3. The number of aromatic nitrogens is 2. The maximum absolute atomic E-state index is 12.8. The molecule has 0 saturated carbocycles. The van der Waals surface area contributed by atoms with E-state index in [1.807, 2.05) is 23.1 Å². The highest BCUT2D eigenvalue weighted by molar-refractivity contribution is 8.01. The fourth-order valence-electron chi connectivity index (χ4n) is 3.97. The molecule has 1 aromatic heterocycles. The summed E-state index contributed by atoms with van der Waals surface area (Å²) in [6, 6.07) is 7.98. The van der Waals surface area contributed by atoms with Gasteiger partial charge in [0.05, 0.1) is 12.0 Å². The lowest BCUT2D eigenvalue weighted by Gasteiger charge is -2.29. The number of hydrogen-bond acceptors (Lipinski definition) is 8. The molecule has 0 spiro atoms. The maximum atomic E-state index is 12.8. The van der Waals surface area contributed by atoms with Gasteiger partial charge in [0.15, 0.2) is 4.34 Å². The summed E-state index contributed by atoms with van der Waals surface area (Å²) < 4.78 is 25.2. The first-order valence-electron chi connectivity index (χ1n) is 10.4. The van der Waals surface area contributed by atoms with Crippen molar-refractivity contribution in [2.75, 3.05) is 41.9 Å². The van der Waals surface area contributed by atoms with Crippen molar-refractivity contribution in [3.8, 4) is 0 Å². The Balaban J connectivity index is 1.28. The monoisotopic (exact) mass is 495 g/mol. The molecule has 4 rings (SSSR count). The molecule has 1 saturated heterocycles. The van der Waals surface area contributed by atoms with Crippen molar-refractivity contribution in [2.45, 2.75) is 30.0 Å². The predicted molar refractivity (Wildman–Crippen MR) is 126 cm³/mol. The van der Waals surface area contributed by atoms with Gasteiger partial charge < -0.3 is 10.2 Å². The van der Waals surface area contributed by atoms with Crippen molar-refractivity contribution in [2.24, 2.45) is 5.92 Å². The van der Waals surface area contributed by atoms with Crippen molar-refractivity contribution in [3.63, 3.8) is 0 Å². The van der Waals surface area contributed by atoms with Crippen LogP contribution in [0.15, 0.2) is 28.6 Å². The van der Waals surface area contributed by atoms with Gasteiger partial charge in [-0.15, -0.1) is 10.2 Å². The first-order valence-corrected chi connectivity index (χ1v) is 14.1. The molecular formula is C20H25N5O4S3. The standard InChI is InChI=1S/C20H25N5O4S3/c1-32(28,29)24-11-8-15(9-12-24)18(27)21-19-22-23-20(31-19)30-13-17(26)25-10-4-6-14-5-2-3-7-16(14)25/h2-3,5,7,15H,4,6,8-13H2,1H3,(H,21,22,27). The number of carbonyl (C=O) groups excluding carboxylic acids is 2. The van der Waals surface area contributed by atoms with E-state index in [0.29, 0.717) is 41.9 Å². The highest BCUT2D eigenvalue weighted by Crippen LogP contribution is 2.30.